The lowest BCUT2D eigenvalue weighted by Gasteiger charge is -2.19. The van der Waals surface area contributed by atoms with E-state index in [0.29, 0.717) is 17.9 Å². The molecule has 3 rings (SSSR count). The van der Waals surface area contributed by atoms with E-state index >= 15 is 0 Å². The van der Waals surface area contributed by atoms with E-state index < -0.39 is 0 Å². The summed E-state index contributed by atoms with van der Waals surface area (Å²) in [5, 5.41) is 5.57. The van der Waals surface area contributed by atoms with E-state index in [2.05, 4.69) is 36.4 Å². The molecular formula is C24H28N4O3. The van der Waals surface area contributed by atoms with Gasteiger partial charge in [0.05, 0.1) is 12.6 Å². The molecule has 0 aliphatic heterocycles. The maximum absolute atomic E-state index is 12.8. The van der Waals surface area contributed by atoms with Crippen molar-refractivity contribution in [1.29, 1.82) is 0 Å². The first-order chi connectivity index (χ1) is 14.8. The number of rotatable bonds is 8. The van der Waals surface area contributed by atoms with Gasteiger partial charge in [0, 0.05) is 37.1 Å². The summed E-state index contributed by atoms with van der Waals surface area (Å²) in [5.41, 5.74) is 1.73. The molecule has 0 radical (unpaired) electrons. The highest BCUT2D eigenvalue weighted by Crippen LogP contribution is 2.22. The standard InChI is InChI=1S/C24H28N4O3/c1-24(2,3)19-9-7-18(8-10-19)22(29)27-21(16-20-6-4-15-31-20)23(30)26-11-5-13-28-14-12-25-17-28/h4,6-10,12,14-17H,5,11,13H2,1-3H3,(H,26,30)(H,27,29). The molecular weight excluding hydrogens is 392 g/mol. The first-order valence-electron chi connectivity index (χ1n) is 10.2. The van der Waals surface area contributed by atoms with E-state index in [0.717, 1.165) is 18.5 Å². The number of benzene rings is 1. The van der Waals surface area contributed by atoms with Crippen molar-refractivity contribution >= 4 is 17.9 Å². The number of aromatic nitrogens is 2. The number of amides is 2. The zero-order valence-electron chi connectivity index (χ0n) is 18.1. The van der Waals surface area contributed by atoms with Crippen LogP contribution >= 0.6 is 0 Å². The quantitative estimate of drug-likeness (QED) is 0.429. The maximum Gasteiger partial charge on any atom is 0.267 e. The van der Waals surface area contributed by atoms with Gasteiger partial charge in [0.25, 0.3) is 11.8 Å². The molecule has 2 heterocycles. The largest absolute Gasteiger partial charge is 0.465 e. The molecule has 2 amide bonds. The van der Waals surface area contributed by atoms with E-state index in [4.69, 9.17) is 4.42 Å². The molecule has 0 bridgehead atoms. The monoisotopic (exact) mass is 420 g/mol. The van der Waals surface area contributed by atoms with Gasteiger partial charge in [-0.3, -0.25) is 9.59 Å². The normalized spacial score (nSPS) is 11.9. The third kappa shape index (κ3) is 6.44. The van der Waals surface area contributed by atoms with E-state index in [-0.39, 0.29) is 22.9 Å². The van der Waals surface area contributed by atoms with Crippen molar-refractivity contribution in [2.24, 2.45) is 0 Å². The van der Waals surface area contributed by atoms with E-state index in [1.807, 2.05) is 22.9 Å². The fourth-order valence-electron chi connectivity index (χ4n) is 2.97. The lowest BCUT2D eigenvalue weighted by atomic mass is 9.87. The van der Waals surface area contributed by atoms with E-state index in [1.165, 1.54) is 12.3 Å². The van der Waals surface area contributed by atoms with Crippen LogP contribution < -0.4 is 10.6 Å². The summed E-state index contributed by atoms with van der Waals surface area (Å²) in [6.07, 6.45) is 9.08. The Kier molecular flexibility index (Phi) is 7.07. The van der Waals surface area contributed by atoms with Gasteiger partial charge in [-0.2, -0.15) is 0 Å². The molecule has 0 saturated carbocycles. The number of aryl methyl sites for hydroxylation is 1. The van der Waals surface area contributed by atoms with Crippen LogP contribution in [0.3, 0.4) is 0 Å². The number of nitrogens with one attached hydrogen (secondary N) is 2. The predicted molar refractivity (Wildman–Crippen MR) is 119 cm³/mol. The zero-order chi connectivity index (χ0) is 22.3. The number of carbonyl (C=O) groups excluding carboxylic acids is 2. The summed E-state index contributed by atoms with van der Waals surface area (Å²) in [7, 11) is 0. The van der Waals surface area contributed by atoms with E-state index in [1.54, 1.807) is 36.8 Å². The van der Waals surface area contributed by atoms with Gasteiger partial charge >= 0.3 is 0 Å². The minimum atomic E-state index is -0.373. The van der Waals surface area contributed by atoms with Gasteiger partial charge in [-0.05, 0) is 41.7 Å². The predicted octanol–water partition coefficient (Wildman–Crippen LogP) is 3.75. The molecule has 1 aromatic carbocycles. The molecule has 0 aliphatic carbocycles. The van der Waals surface area contributed by atoms with Gasteiger partial charge in [0.1, 0.15) is 11.5 Å². The Bertz CT molecular complexity index is 1010. The highest BCUT2D eigenvalue weighted by molar-refractivity contribution is 6.05. The first kappa shape index (κ1) is 22.1. The van der Waals surface area contributed by atoms with Gasteiger partial charge in [-0.15, -0.1) is 0 Å². The second-order valence-corrected chi connectivity index (χ2v) is 8.26. The summed E-state index contributed by atoms with van der Waals surface area (Å²) in [6, 6.07) is 10.8. The van der Waals surface area contributed by atoms with Crippen LogP contribution in [0.25, 0.3) is 6.08 Å². The van der Waals surface area contributed by atoms with Crippen molar-refractivity contribution in [2.75, 3.05) is 6.54 Å². The molecule has 7 nitrogen and oxygen atoms in total. The highest BCUT2D eigenvalue weighted by atomic mass is 16.3. The second-order valence-electron chi connectivity index (χ2n) is 8.26. The van der Waals surface area contributed by atoms with E-state index in [9.17, 15) is 9.59 Å². The van der Waals surface area contributed by atoms with Crippen LogP contribution in [-0.4, -0.2) is 27.9 Å². The van der Waals surface area contributed by atoms with Crippen molar-refractivity contribution in [3.8, 4) is 0 Å². The van der Waals surface area contributed by atoms with Crippen LogP contribution in [0.2, 0.25) is 0 Å². The van der Waals surface area contributed by atoms with Gasteiger partial charge < -0.3 is 19.6 Å². The van der Waals surface area contributed by atoms with Crippen LogP contribution in [-0.2, 0) is 16.8 Å². The minimum absolute atomic E-state index is 0.00401. The van der Waals surface area contributed by atoms with Crippen molar-refractivity contribution < 1.29 is 14.0 Å². The molecule has 0 spiro atoms. The topological polar surface area (TPSA) is 89.2 Å². The van der Waals surface area contributed by atoms with Crippen LogP contribution in [0, 0.1) is 0 Å². The molecule has 7 heteroatoms. The summed E-state index contributed by atoms with van der Waals surface area (Å²) in [4.78, 5) is 29.5. The number of hydrogen-bond donors (Lipinski definition) is 2. The SMILES string of the molecule is CC(C)(C)c1ccc(C(=O)NC(=Cc2ccco2)C(=O)NCCCn2ccnc2)cc1. The Morgan fingerprint density at radius 3 is 2.55 bits per heavy atom. The van der Waals surface area contributed by atoms with Gasteiger partial charge in [0.2, 0.25) is 0 Å². The Morgan fingerprint density at radius 1 is 1.16 bits per heavy atom. The van der Waals surface area contributed by atoms with Crippen LogP contribution in [0.4, 0.5) is 0 Å². The van der Waals surface area contributed by atoms with Crippen LogP contribution in [0.1, 0.15) is 48.9 Å². The molecule has 31 heavy (non-hydrogen) atoms. The summed E-state index contributed by atoms with van der Waals surface area (Å²) >= 11 is 0. The maximum atomic E-state index is 12.8. The summed E-state index contributed by atoms with van der Waals surface area (Å²) < 4.78 is 7.25. The van der Waals surface area contributed by atoms with Crippen molar-refractivity contribution in [3.63, 3.8) is 0 Å². The van der Waals surface area contributed by atoms with Gasteiger partial charge in [0.15, 0.2) is 0 Å². The Balaban J connectivity index is 1.65. The number of nitrogens with zero attached hydrogens (tertiary/aromatic N) is 2. The second kappa shape index (κ2) is 9.93. The first-order valence-corrected chi connectivity index (χ1v) is 10.2. The number of hydrogen-bond acceptors (Lipinski definition) is 4. The smallest absolute Gasteiger partial charge is 0.267 e. The minimum Gasteiger partial charge on any atom is -0.465 e. The number of carbonyl (C=O) groups is 2. The number of furan rings is 1. The fourth-order valence-corrected chi connectivity index (χ4v) is 2.97. The summed E-state index contributed by atoms with van der Waals surface area (Å²) in [5.74, 6) is -0.250. The molecule has 0 aliphatic rings. The molecule has 0 atom stereocenters. The lowest BCUT2D eigenvalue weighted by molar-refractivity contribution is -0.117. The Labute approximate surface area is 182 Å². The third-order valence-corrected chi connectivity index (χ3v) is 4.77. The average molecular weight is 421 g/mol. The van der Waals surface area contributed by atoms with Crippen molar-refractivity contribution in [1.82, 2.24) is 20.2 Å². The zero-order valence-corrected chi connectivity index (χ0v) is 18.1. The molecule has 0 unspecified atom stereocenters. The molecule has 0 fully saturated rings. The third-order valence-electron chi connectivity index (χ3n) is 4.77. The molecule has 2 N–H and O–H groups in total. The Hall–Kier alpha value is -3.61. The lowest BCUT2D eigenvalue weighted by Crippen LogP contribution is -2.35. The number of imidazole rings is 1. The van der Waals surface area contributed by atoms with Gasteiger partial charge in [-0.25, -0.2) is 4.98 Å². The molecule has 162 valence electrons. The molecule has 0 saturated heterocycles. The van der Waals surface area contributed by atoms with Crippen LogP contribution in [0.5, 0.6) is 0 Å². The highest BCUT2D eigenvalue weighted by Gasteiger charge is 2.17. The van der Waals surface area contributed by atoms with Crippen LogP contribution in [0.15, 0.2) is 71.5 Å². The summed E-state index contributed by atoms with van der Waals surface area (Å²) in [6.45, 7) is 7.54. The van der Waals surface area contributed by atoms with Gasteiger partial charge in [-0.1, -0.05) is 32.9 Å². The fraction of sp³-hybridized carbons (Fsp3) is 0.292. The van der Waals surface area contributed by atoms with Crippen molar-refractivity contribution in [3.05, 3.63) is 84.0 Å². The molecule has 3 aromatic rings. The van der Waals surface area contributed by atoms with Crippen molar-refractivity contribution in [2.45, 2.75) is 39.2 Å². The molecule has 2 aromatic heterocycles. The average Bonchev–Trinajstić information content (AvgIpc) is 3.44. The Morgan fingerprint density at radius 2 is 1.94 bits per heavy atom.